The Morgan fingerprint density at radius 1 is 1.38 bits per heavy atom. The summed E-state index contributed by atoms with van der Waals surface area (Å²) >= 11 is 0. The van der Waals surface area contributed by atoms with Crippen molar-refractivity contribution in [3.63, 3.8) is 0 Å². The first-order valence-corrected chi connectivity index (χ1v) is 5.56. The fraction of sp³-hybridized carbons (Fsp3) is 0.308. The van der Waals surface area contributed by atoms with Crippen LogP contribution in [0.1, 0.15) is 29.4 Å². The van der Waals surface area contributed by atoms with E-state index in [1.807, 2.05) is 30.5 Å². The molecule has 1 atom stereocenters. The van der Waals surface area contributed by atoms with Crippen molar-refractivity contribution >= 4 is 17.2 Å². The molecule has 0 saturated carbocycles. The van der Waals surface area contributed by atoms with E-state index in [0.29, 0.717) is 0 Å². The molecule has 3 nitrogen and oxygen atoms in total. The first kappa shape index (κ1) is 9.60. The van der Waals surface area contributed by atoms with Gasteiger partial charge in [0.1, 0.15) is 6.23 Å². The maximum absolute atomic E-state index is 10.9. The number of carbonyl (C=O) groups excluding carboxylic acids is 1. The second kappa shape index (κ2) is 3.76. The van der Waals surface area contributed by atoms with Gasteiger partial charge in [-0.2, -0.15) is 0 Å². The molecule has 1 fully saturated rings. The zero-order chi connectivity index (χ0) is 11.0. The van der Waals surface area contributed by atoms with Crippen molar-refractivity contribution < 1.29 is 9.53 Å². The average Bonchev–Trinajstić information content (AvgIpc) is 2.96. The number of hydrogen-bond donors (Lipinski definition) is 0. The number of nitrogens with zero attached hydrogens (tertiary/aromatic N) is 1. The van der Waals surface area contributed by atoms with Crippen LogP contribution < -0.4 is 0 Å². The highest BCUT2D eigenvalue weighted by atomic mass is 16.5. The van der Waals surface area contributed by atoms with E-state index in [-0.39, 0.29) is 6.23 Å². The normalized spacial score (nSPS) is 20.4. The molecule has 0 aliphatic carbocycles. The molecule has 1 aliphatic heterocycles. The Kier molecular flexibility index (Phi) is 2.26. The molecule has 0 amide bonds. The van der Waals surface area contributed by atoms with Gasteiger partial charge in [0.15, 0.2) is 6.29 Å². The third-order valence-corrected chi connectivity index (χ3v) is 3.14. The first-order chi connectivity index (χ1) is 7.90. The quantitative estimate of drug-likeness (QED) is 0.721. The Hall–Kier alpha value is -1.61. The van der Waals surface area contributed by atoms with Crippen molar-refractivity contribution in [2.75, 3.05) is 6.61 Å². The molecule has 3 heteroatoms. The van der Waals surface area contributed by atoms with E-state index in [0.717, 1.165) is 42.2 Å². The maximum atomic E-state index is 10.9. The zero-order valence-corrected chi connectivity index (χ0v) is 8.93. The highest BCUT2D eigenvalue weighted by Crippen LogP contribution is 2.28. The van der Waals surface area contributed by atoms with Crippen LogP contribution >= 0.6 is 0 Å². The summed E-state index contributed by atoms with van der Waals surface area (Å²) in [5, 5.41) is 1.01. The third-order valence-electron chi connectivity index (χ3n) is 3.14. The molecular weight excluding hydrogens is 202 g/mol. The predicted molar refractivity (Wildman–Crippen MR) is 61.5 cm³/mol. The van der Waals surface area contributed by atoms with Crippen molar-refractivity contribution in [3.8, 4) is 0 Å². The van der Waals surface area contributed by atoms with E-state index >= 15 is 0 Å². The van der Waals surface area contributed by atoms with Gasteiger partial charge in [0.25, 0.3) is 0 Å². The fourth-order valence-electron chi connectivity index (χ4n) is 2.35. The number of benzene rings is 1. The summed E-state index contributed by atoms with van der Waals surface area (Å²) in [5.41, 5.74) is 1.82. The number of hydrogen-bond acceptors (Lipinski definition) is 2. The van der Waals surface area contributed by atoms with Gasteiger partial charge in [-0.1, -0.05) is 12.1 Å². The molecule has 0 bridgehead atoms. The highest BCUT2D eigenvalue weighted by molar-refractivity contribution is 5.97. The molecule has 0 radical (unpaired) electrons. The summed E-state index contributed by atoms with van der Waals surface area (Å²) in [6.07, 6.45) is 5.21. The van der Waals surface area contributed by atoms with E-state index in [1.165, 1.54) is 0 Å². The second-order valence-corrected chi connectivity index (χ2v) is 4.09. The molecule has 82 valence electrons. The molecular formula is C13H13NO2. The average molecular weight is 215 g/mol. The monoisotopic (exact) mass is 215 g/mol. The van der Waals surface area contributed by atoms with Gasteiger partial charge in [-0.05, 0) is 25.0 Å². The standard InChI is InChI=1S/C13H13NO2/c15-9-10-3-1-4-12-11(10)6-7-14(12)13-5-2-8-16-13/h1,3-4,6-7,9,13H,2,5,8H2. The van der Waals surface area contributed by atoms with E-state index in [9.17, 15) is 4.79 Å². The van der Waals surface area contributed by atoms with Crippen LogP contribution in [0.4, 0.5) is 0 Å². The van der Waals surface area contributed by atoms with Crippen LogP contribution in [0.15, 0.2) is 30.5 Å². The zero-order valence-electron chi connectivity index (χ0n) is 8.93. The number of ether oxygens (including phenoxy) is 1. The lowest BCUT2D eigenvalue weighted by atomic mass is 10.1. The van der Waals surface area contributed by atoms with Gasteiger partial charge in [0, 0.05) is 23.8 Å². The number of aldehydes is 1. The number of fused-ring (bicyclic) bond motifs is 1. The fourth-order valence-corrected chi connectivity index (χ4v) is 2.35. The molecule has 1 aromatic heterocycles. The molecule has 1 aliphatic rings. The summed E-state index contributed by atoms with van der Waals surface area (Å²) in [7, 11) is 0. The molecule has 16 heavy (non-hydrogen) atoms. The van der Waals surface area contributed by atoms with Crippen LogP contribution in [0.5, 0.6) is 0 Å². The van der Waals surface area contributed by atoms with Gasteiger partial charge in [0.2, 0.25) is 0 Å². The summed E-state index contributed by atoms with van der Waals surface area (Å²) in [6.45, 7) is 0.831. The van der Waals surface area contributed by atoms with Gasteiger partial charge >= 0.3 is 0 Å². The van der Waals surface area contributed by atoms with Crippen molar-refractivity contribution in [1.82, 2.24) is 4.57 Å². The van der Waals surface area contributed by atoms with Crippen LogP contribution in [0, 0.1) is 0 Å². The van der Waals surface area contributed by atoms with Crippen molar-refractivity contribution in [3.05, 3.63) is 36.0 Å². The Balaban J connectivity index is 2.16. The van der Waals surface area contributed by atoms with Gasteiger partial charge < -0.3 is 9.30 Å². The topological polar surface area (TPSA) is 31.2 Å². The van der Waals surface area contributed by atoms with Gasteiger partial charge in [-0.3, -0.25) is 4.79 Å². The summed E-state index contributed by atoms with van der Waals surface area (Å²) in [6, 6.07) is 7.78. The maximum Gasteiger partial charge on any atom is 0.150 e. The van der Waals surface area contributed by atoms with Gasteiger partial charge in [-0.15, -0.1) is 0 Å². The minimum Gasteiger partial charge on any atom is -0.358 e. The lowest BCUT2D eigenvalue weighted by Gasteiger charge is -2.13. The van der Waals surface area contributed by atoms with E-state index in [1.54, 1.807) is 0 Å². The molecule has 1 saturated heterocycles. The largest absolute Gasteiger partial charge is 0.358 e. The van der Waals surface area contributed by atoms with Crippen LogP contribution in [-0.2, 0) is 4.74 Å². The molecule has 0 N–H and O–H groups in total. The molecule has 2 heterocycles. The van der Waals surface area contributed by atoms with Crippen molar-refractivity contribution in [2.45, 2.75) is 19.1 Å². The van der Waals surface area contributed by atoms with Gasteiger partial charge in [-0.25, -0.2) is 0 Å². The second-order valence-electron chi connectivity index (χ2n) is 4.09. The minimum absolute atomic E-state index is 0.138. The number of aromatic nitrogens is 1. The Labute approximate surface area is 93.6 Å². The van der Waals surface area contributed by atoms with Crippen LogP contribution in [-0.4, -0.2) is 17.5 Å². The summed E-state index contributed by atoms with van der Waals surface area (Å²) in [5.74, 6) is 0. The molecule has 2 aromatic rings. The van der Waals surface area contributed by atoms with Crippen LogP contribution in [0.3, 0.4) is 0 Å². The lowest BCUT2D eigenvalue weighted by molar-refractivity contribution is 0.0601. The predicted octanol–water partition coefficient (Wildman–Crippen LogP) is 2.76. The van der Waals surface area contributed by atoms with Crippen molar-refractivity contribution in [1.29, 1.82) is 0 Å². The first-order valence-electron chi connectivity index (χ1n) is 5.56. The Morgan fingerprint density at radius 3 is 3.06 bits per heavy atom. The number of rotatable bonds is 2. The third kappa shape index (κ3) is 1.36. The van der Waals surface area contributed by atoms with Crippen molar-refractivity contribution in [2.24, 2.45) is 0 Å². The van der Waals surface area contributed by atoms with E-state index in [4.69, 9.17) is 4.74 Å². The Morgan fingerprint density at radius 2 is 2.31 bits per heavy atom. The molecule has 1 aromatic carbocycles. The number of carbonyl (C=O) groups is 1. The van der Waals surface area contributed by atoms with Crippen LogP contribution in [0.2, 0.25) is 0 Å². The van der Waals surface area contributed by atoms with E-state index in [2.05, 4.69) is 4.57 Å². The lowest BCUT2D eigenvalue weighted by Crippen LogP contribution is -2.05. The summed E-state index contributed by atoms with van der Waals surface area (Å²) < 4.78 is 7.77. The minimum atomic E-state index is 0.138. The highest BCUT2D eigenvalue weighted by Gasteiger charge is 2.18. The molecule has 0 spiro atoms. The smallest absolute Gasteiger partial charge is 0.150 e. The molecule has 3 rings (SSSR count). The van der Waals surface area contributed by atoms with E-state index < -0.39 is 0 Å². The molecule has 1 unspecified atom stereocenters. The van der Waals surface area contributed by atoms with Crippen LogP contribution in [0.25, 0.3) is 10.9 Å². The van der Waals surface area contributed by atoms with Gasteiger partial charge in [0.05, 0.1) is 5.52 Å². The summed E-state index contributed by atoms with van der Waals surface area (Å²) in [4.78, 5) is 10.9. The SMILES string of the molecule is O=Cc1cccc2c1ccn2C1CCCO1. The Bertz CT molecular complexity index is 524.